The molecule has 0 aliphatic carbocycles. The molecule has 1 rings (SSSR count). The van der Waals surface area contributed by atoms with Gasteiger partial charge in [-0.15, -0.1) is 0 Å². The summed E-state index contributed by atoms with van der Waals surface area (Å²) < 4.78 is 0. The minimum Gasteiger partial charge on any atom is -0.388 e. The molecule has 0 aliphatic rings. The third-order valence-corrected chi connectivity index (χ3v) is 2.55. The van der Waals surface area contributed by atoms with Gasteiger partial charge in [-0.2, -0.15) is 0 Å². The lowest BCUT2D eigenvalue weighted by Gasteiger charge is -2.19. The predicted octanol–water partition coefficient (Wildman–Crippen LogP) is 3.43. The van der Waals surface area contributed by atoms with Crippen molar-refractivity contribution in [3.63, 3.8) is 0 Å². The van der Waals surface area contributed by atoms with E-state index in [0.717, 1.165) is 12.0 Å². The SMILES string of the molecule is CC[C@H](O)c1ccc(C(C)(C)C)cc1. The second kappa shape index (κ2) is 4.14. The molecule has 0 unspecified atom stereocenters. The van der Waals surface area contributed by atoms with E-state index in [-0.39, 0.29) is 11.5 Å². The predicted molar refractivity (Wildman–Crippen MR) is 60.4 cm³/mol. The lowest BCUT2D eigenvalue weighted by molar-refractivity contribution is 0.173. The van der Waals surface area contributed by atoms with Gasteiger partial charge in [0.2, 0.25) is 0 Å². The van der Waals surface area contributed by atoms with Crippen LogP contribution in [0.25, 0.3) is 0 Å². The van der Waals surface area contributed by atoms with Crippen molar-refractivity contribution < 1.29 is 5.11 Å². The smallest absolute Gasteiger partial charge is 0.0787 e. The van der Waals surface area contributed by atoms with Crippen LogP contribution in [0.15, 0.2) is 24.3 Å². The summed E-state index contributed by atoms with van der Waals surface area (Å²) in [6.07, 6.45) is 0.457. The number of aliphatic hydroxyl groups excluding tert-OH is 1. The van der Waals surface area contributed by atoms with Crippen molar-refractivity contribution in [1.82, 2.24) is 0 Å². The molecule has 0 bridgehead atoms. The van der Waals surface area contributed by atoms with Gasteiger partial charge in [0, 0.05) is 0 Å². The largest absolute Gasteiger partial charge is 0.388 e. The van der Waals surface area contributed by atoms with Crippen LogP contribution in [0.3, 0.4) is 0 Å². The normalized spacial score (nSPS) is 14.1. The van der Waals surface area contributed by atoms with Crippen molar-refractivity contribution in [1.29, 1.82) is 0 Å². The van der Waals surface area contributed by atoms with Crippen molar-refractivity contribution in [2.24, 2.45) is 0 Å². The second-order valence-corrected chi connectivity index (χ2v) is 4.80. The van der Waals surface area contributed by atoms with Crippen LogP contribution in [-0.2, 0) is 5.41 Å². The topological polar surface area (TPSA) is 20.2 Å². The van der Waals surface area contributed by atoms with Crippen LogP contribution in [0.5, 0.6) is 0 Å². The molecule has 0 heterocycles. The van der Waals surface area contributed by atoms with Gasteiger partial charge in [-0.1, -0.05) is 52.0 Å². The molecule has 1 atom stereocenters. The van der Waals surface area contributed by atoms with Crippen LogP contribution in [0.1, 0.15) is 51.3 Å². The monoisotopic (exact) mass is 192 g/mol. The van der Waals surface area contributed by atoms with E-state index in [1.54, 1.807) is 0 Å². The molecule has 0 radical (unpaired) electrons. The molecule has 0 saturated carbocycles. The van der Waals surface area contributed by atoms with E-state index in [4.69, 9.17) is 0 Å². The number of benzene rings is 1. The Hall–Kier alpha value is -0.820. The molecule has 78 valence electrons. The Morgan fingerprint density at radius 2 is 1.64 bits per heavy atom. The van der Waals surface area contributed by atoms with Gasteiger partial charge in [0.1, 0.15) is 0 Å². The summed E-state index contributed by atoms with van der Waals surface area (Å²) in [5.41, 5.74) is 2.51. The first-order valence-electron chi connectivity index (χ1n) is 5.23. The molecule has 0 aromatic heterocycles. The van der Waals surface area contributed by atoms with E-state index < -0.39 is 0 Å². The van der Waals surface area contributed by atoms with E-state index >= 15 is 0 Å². The first-order valence-corrected chi connectivity index (χ1v) is 5.23. The van der Waals surface area contributed by atoms with E-state index in [2.05, 4.69) is 32.9 Å². The van der Waals surface area contributed by atoms with Crippen molar-refractivity contribution in [3.05, 3.63) is 35.4 Å². The highest BCUT2D eigenvalue weighted by Crippen LogP contribution is 2.24. The Kier molecular flexibility index (Phi) is 3.33. The van der Waals surface area contributed by atoms with E-state index in [9.17, 15) is 5.11 Å². The fourth-order valence-corrected chi connectivity index (χ4v) is 1.44. The van der Waals surface area contributed by atoms with E-state index in [1.165, 1.54) is 5.56 Å². The minimum atomic E-state index is -0.316. The van der Waals surface area contributed by atoms with Gasteiger partial charge in [0.25, 0.3) is 0 Å². The minimum absolute atomic E-state index is 0.190. The molecule has 0 fully saturated rings. The van der Waals surface area contributed by atoms with Crippen molar-refractivity contribution in [2.45, 2.75) is 45.6 Å². The maximum atomic E-state index is 9.62. The molecule has 0 aliphatic heterocycles. The lowest BCUT2D eigenvalue weighted by Crippen LogP contribution is -2.11. The molecule has 0 spiro atoms. The van der Waals surface area contributed by atoms with Gasteiger partial charge in [-0.25, -0.2) is 0 Å². The van der Waals surface area contributed by atoms with Crippen LogP contribution in [0.4, 0.5) is 0 Å². The van der Waals surface area contributed by atoms with Crippen LogP contribution in [0, 0.1) is 0 Å². The van der Waals surface area contributed by atoms with Crippen molar-refractivity contribution in [2.75, 3.05) is 0 Å². The molecular formula is C13H20O. The summed E-state index contributed by atoms with van der Waals surface area (Å²) in [5.74, 6) is 0. The average Bonchev–Trinajstić information content (AvgIpc) is 2.15. The molecule has 14 heavy (non-hydrogen) atoms. The maximum Gasteiger partial charge on any atom is 0.0787 e. The Bertz CT molecular complexity index is 279. The lowest BCUT2D eigenvalue weighted by atomic mass is 9.86. The van der Waals surface area contributed by atoms with Gasteiger partial charge < -0.3 is 5.11 Å². The fraction of sp³-hybridized carbons (Fsp3) is 0.538. The van der Waals surface area contributed by atoms with E-state index in [1.807, 2.05) is 19.1 Å². The Balaban J connectivity index is 2.89. The molecule has 0 amide bonds. The van der Waals surface area contributed by atoms with Gasteiger partial charge >= 0.3 is 0 Å². The Labute approximate surface area is 86.8 Å². The number of hydrogen-bond donors (Lipinski definition) is 1. The zero-order chi connectivity index (χ0) is 10.8. The summed E-state index contributed by atoms with van der Waals surface area (Å²) in [4.78, 5) is 0. The standard InChI is InChI=1S/C13H20O/c1-5-12(14)10-6-8-11(9-7-10)13(2,3)4/h6-9,12,14H,5H2,1-4H3/t12-/m0/s1. The van der Waals surface area contributed by atoms with Gasteiger partial charge in [0.15, 0.2) is 0 Å². The first-order chi connectivity index (χ1) is 6.45. The molecule has 1 aromatic carbocycles. The Morgan fingerprint density at radius 3 is 2.00 bits per heavy atom. The third kappa shape index (κ3) is 2.58. The summed E-state index contributed by atoms with van der Waals surface area (Å²) in [7, 11) is 0. The molecular weight excluding hydrogens is 172 g/mol. The summed E-state index contributed by atoms with van der Waals surface area (Å²) in [5, 5.41) is 9.62. The number of hydrogen-bond acceptors (Lipinski definition) is 1. The summed E-state index contributed by atoms with van der Waals surface area (Å²) >= 11 is 0. The fourth-order valence-electron chi connectivity index (χ4n) is 1.44. The number of aliphatic hydroxyl groups is 1. The number of rotatable bonds is 2. The van der Waals surface area contributed by atoms with E-state index in [0.29, 0.717) is 0 Å². The van der Waals surface area contributed by atoms with Gasteiger partial charge in [-0.3, -0.25) is 0 Å². The highest BCUT2D eigenvalue weighted by atomic mass is 16.3. The molecule has 1 heteroatoms. The highest BCUT2D eigenvalue weighted by Gasteiger charge is 2.13. The Morgan fingerprint density at radius 1 is 1.14 bits per heavy atom. The summed E-state index contributed by atoms with van der Waals surface area (Å²) in [6, 6.07) is 8.26. The van der Waals surface area contributed by atoms with Crippen molar-refractivity contribution in [3.8, 4) is 0 Å². The first kappa shape index (κ1) is 11.3. The van der Waals surface area contributed by atoms with Gasteiger partial charge in [0.05, 0.1) is 6.10 Å². The third-order valence-electron chi connectivity index (χ3n) is 2.55. The van der Waals surface area contributed by atoms with Crippen LogP contribution >= 0.6 is 0 Å². The molecule has 1 N–H and O–H groups in total. The van der Waals surface area contributed by atoms with Gasteiger partial charge in [-0.05, 0) is 23.0 Å². The highest BCUT2D eigenvalue weighted by molar-refractivity contribution is 5.28. The zero-order valence-electron chi connectivity index (χ0n) is 9.54. The second-order valence-electron chi connectivity index (χ2n) is 4.80. The maximum absolute atomic E-state index is 9.62. The quantitative estimate of drug-likeness (QED) is 0.761. The van der Waals surface area contributed by atoms with Crippen molar-refractivity contribution >= 4 is 0 Å². The van der Waals surface area contributed by atoms with Crippen LogP contribution in [-0.4, -0.2) is 5.11 Å². The molecule has 1 nitrogen and oxygen atoms in total. The average molecular weight is 192 g/mol. The molecule has 1 aromatic rings. The van der Waals surface area contributed by atoms with Crippen LogP contribution < -0.4 is 0 Å². The van der Waals surface area contributed by atoms with Crippen LogP contribution in [0.2, 0.25) is 0 Å². The molecule has 0 saturated heterocycles. The summed E-state index contributed by atoms with van der Waals surface area (Å²) in [6.45, 7) is 8.57. The zero-order valence-corrected chi connectivity index (χ0v) is 9.54.